The molecule has 0 unspecified atom stereocenters. The van der Waals surface area contributed by atoms with E-state index in [0.29, 0.717) is 12.0 Å². The van der Waals surface area contributed by atoms with Crippen LogP contribution in [0.5, 0.6) is 0 Å². The maximum absolute atomic E-state index is 12.5. The van der Waals surface area contributed by atoms with Crippen molar-refractivity contribution >= 4 is 33.3 Å². The fourth-order valence-electron chi connectivity index (χ4n) is 1.95. The SMILES string of the molecule is CCC(C)(C)C(=O)c1cc2c(cc1Br)NC(=O)C2. The number of hydrogen-bond acceptors (Lipinski definition) is 2. The van der Waals surface area contributed by atoms with E-state index in [1.807, 2.05) is 32.9 Å². The average molecular weight is 310 g/mol. The lowest BCUT2D eigenvalue weighted by Crippen LogP contribution is -2.23. The van der Waals surface area contributed by atoms with Gasteiger partial charge in [-0.2, -0.15) is 0 Å². The molecule has 1 aromatic carbocycles. The van der Waals surface area contributed by atoms with Crippen molar-refractivity contribution in [2.45, 2.75) is 33.6 Å². The second-order valence-electron chi connectivity index (χ2n) is 5.28. The van der Waals surface area contributed by atoms with Gasteiger partial charge in [-0.3, -0.25) is 9.59 Å². The lowest BCUT2D eigenvalue weighted by atomic mass is 9.81. The van der Waals surface area contributed by atoms with E-state index in [1.54, 1.807) is 0 Å². The third-order valence-electron chi connectivity index (χ3n) is 3.56. The third-order valence-corrected chi connectivity index (χ3v) is 4.22. The van der Waals surface area contributed by atoms with E-state index in [9.17, 15) is 9.59 Å². The molecule has 18 heavy (non-hydrogen) atoms. The Morgan fingerprint density at radius 1 is 1.44 bits per heavy atom. The molecule has 0 atom stereocenters. The summed E-state index contributed by atoms with van der Waals surface area (Å²) in [4.78, 5) is 23.8. The van der Waals surface area contributed by atoms with Crippen molar-refractivity contribution in [3.05, 3.63) is 27.7 Å². The highest BCUT2D eigenvalue weighted by atomic mass is 79.9. The van der Waals surface area contributed by atoms with Gasteiger partial charge in [0.25, 0.3) is 0 Å². The molecular weight excluding hydrogens is 294 g/mol. The Hall–Kier alpha value is -1.16. The summed E-state index contributed by atoms with van der Waals surface area (Å²) >= 11 is 3.42. The first-order valence-corrected chi connectivity index (χ1v) is 6.81. The maximum Gasteiger partial charge on any atom is 0.228 e. The number of amides is 1. The molecule has 0 bridgehead atoms. The van der Waals surface area contributed by atoms with Crippen molar-refractivity contribution in [1.29, 1.82) is 0 Å². The molecule has 2 rings (SSSR count). The molecule has 96 valence electrons. The summed E-state index contributed by atoms with van der Waals surface area (Å²) in [6.45, 7) is 5.89. The van der Waals surface area contributed by atoms with E-state index in [-0.39, 0.29) is 17.1 Å². The highest BCUT2D eigenvalue weighted by Gasteiger charge is 2.30. The number of carbonyl (C=O) groups is 2. The Labute approximate surface area is 115 Å². The van der Waals surface area contributed by atoms with E-state index < -0.39 is 0 Å². The molecular formula is C14H16BrNO2. The van der Waals surface area contributed by atoms with Gasteiger partial charge in [0.2, 0.25) is 5.91 Å². The van der Waals surface area contributed by atoms with Crippen LogP contribution in [0.25, 0.3) is 0 Å². The van der Waals surface area contributed by atoms with Crippen LogP contribution >= 0.6 is 15.9 Å². The molecule has 3 nitrogen and oxygen atoms in total. The van der Waals surface area contributed by atoms with Gasteiger partial charge in [0.1, 0.15) is 0 Å². The first-order valence-electron chi connectivity index (χ1n) is 6.02. The first kappa shape index (κ1) is 13.3. The van der Waals surface area contributed by atoms with Crippen LogP contribution in [0.1, 0.15) is 43.1 Å². The first-order chi connectivity index (χ1) is 8.35. The Kier molecular flexibility index (Phi) is 3.32. The summed E-state index contributed by atoms with van der Waals surface area (Å²) in [7, 11) is 0. The number of hydrogen-bond donors (Lipinski definition) is 1. The van der Waals surface area contributed by atoms with E-state index in [1.165, 1.54) is 0 Å². The summed E-state index contributed by atoms with van der Waals surface area (Å²) in [6.07, 6.45) is 1.14. The van der Waals surface area contributed by atoms with Gasteiger partial charge < -0.3 is 5.32 Å². The summed E-state index contributed by atoms with van der Waals surface area (Å²) in [5.41, 5.74) is 1.99. The molecule has 1 heterocycles. The van der Waals surface area contributed by atoms with Crippen molar-refractivity contribution < 1.29 is 9.59 Å². The molecule has 1 amide bonds. The average Bonchev–Trinajstić information content (AvgIpc) is 2.66. The molecule has 0 aromatic heterocycles. The standard InChI is InChI=1S/C14H16BrNO2/c1-4-14(2,3)13(18)9-5-8-6-12(17)16-11(8)7-10(9)15/h5,7H,4,6H2,1-3H3,(H,16,17). The number of anilines is 1. The number of ketones is 1. The molecule has 0 aliphatic carbocycles. The second kappa shape index (κ2) is 4.50. The fraction of sp³-hybridized carbons (Fsp3) is 0.429. The Bertz CT molecular complexity index is 535. The van der Waals surface area contributed by atoms with Crippen LogP contribution in [-0.4, -0.2) is 11.7 Å². The van der Waals surface area contributed by atoms with Crippen molar-refractivity contribution in [2.75, 3.05) is 5.32 Å². The highest BCUT2D eigenvalue weighted by Crippen LogP contribution is 2.34. The van der Waals surface area contributed by atoms with Gasteiger partial charge in [-0.05, 0) is 40.0 Å². The van der Waals surface area contributed by atoms with Crippen molar-refractivity contribution in [1.82, 2.24) is 0 Å². The topological polar surface area (TPSA) is 46.2 Å². The van der Waals surface area contributed by atoms with Crippen LogP contribution in [0.4, 0.5) is 5.69 Å². The van der Waals surface area contributed by atoms with Gasteiger partial charge in [0, 0.05) is 21.1 Å². The van der Waals surface area contributed by atoms with Crippen LogP contribution in [0, 0.1) is 5.41 Å². The molecule has 1 N–H and O–H groups in total. The quantitative estimate of drug-likeness (QED) is 0.868. The van der Waals surface area contributed by atoms with Crippen molar-refractivity contribution in [3.8, 4) is 0 Å². The van der Waals surface area contributed by atoms with Gasteiger partial charge in [-0.25, -0.2) is 0 Å². The predicted octanol–water partition coefficient (Wildman–Crippen LogP) is 3.56. The molecule has 1 aromatic rings. The fourth-order valence-corrected chi connectivity index (χ4v) is 2.47. The molecule has 1 aliphatic rings. The van der Waals surface area contributed by atoms with E-state index in [2.05, 4.69) is 21.2 Å². The summed E-state index contributed by atoms with van der Waals surface area (Å²) < 4.78 is 0.745. The van der Waals surface area contributed by atoms with Gasteiger partial charge in [0.15, 0.2) is 5.78 Å². The normalized spacial score (nSPS) is 14.3. The molecule has 4 heteroatoms. The van der Waals surface area contributed by atoms with Gasteiger partial charge in [-0.1, -0.05) is 20.8 Å². The zero-order chi connectivity index (χ0) is 13.5. The molecule has 0 spiro atoms. The second-order valence-corrected chi connectivity index (χ2v) is 6.14. The zero-order valence-electron chi connectivity index (χ0n) is 10.8. The monoisotopic (exact) mass is 309 g/mol. The number of rotatable bonds is 3. The van der Waals surface area contributed by atoms with Crippen molar-refractivity contribution in [2.24, 2.45) is 5.41 Å². The molecule has 1 aliphatic heterocycles. The van der Waals surface area contributed by atoms with Gasteiger partial charge >= 0.3 is 0 Å². The van der Waals surface area contributed by atoms with E-state index >= 15 is 0 Å². The minimum absolute atomic E-state index is 0.0174. The van der Waals surface area contributed by atoms with Crippen molar-refractivity contribution in [3.63, 3.8) is 0 Å². The lowest BCUT2D eigenvalue weighted by molar-refractivity contribution is -0.115. The van der Waals surface area contributed by atoms with E-state index in [0.717, 1.165) is 22.1 Å². The van der Waals surface area contributed by atoms with Crippen LogP contribution in [0.3, 0.4) is 0 Å². The number of halogens is 1. The Morgan fingerprint density at radius 3 is 2.72 bits per heavy atom. The van der Waals surface area contributed by atoms with Gasteiger partial charge in [-0.15, -0.1) is 0 Å². The number of nitrogens with one attached hydrogen (secondary N) is 1. The molecule has 0 saturated carbocycles. The van der Waals surface area contributed by atoms with Crippen LogP contribution in [0.15, 0.2) is 16.6 Å². The van der Waals surface area contributed by atoms with Crippen LogP contribution in [-0.2, 0) is 11.2 Å². The molecule has 0 radical (unpaired) electrons. The number of benzene rings is 1. The third kappa shape index (κ3) is 2.21. The lowest BCUT2D eigenvalue weighted by Gasteiger charge is -2.22. The summed E-state index contributed by atoms with van der Waals surface area (Å²) in [6, 6.07) is 3.65. The van der Waals surface area contributed by atoms with Gasteiger partial charge in [0.05, 0.1) is 6.42 Å². The minimum Gasteiger partial charge on any atom is -0.325 e. The minimum atomic E-state index is -0.382. The zero-order valence-corrected chi connectivity index (χ0v) is 12.3. The molecule has 0 fully saturated rings. The highest BCUT2D eigenvalue weighted by molar-refractivity contribution is 9.10. The van der Waals surface area contributed by atoms with Crippen LogP contribution in [0.2, 0.25) is 0 Å². The predicted molar refractivity (Wildman–Crippen MR) is 74.9 cm³/mol. The summed E-state index contributed by atoms with van der Waals surface area (Å²) in [5.74, 6) is 0.0928. The number of Topliss-reactive ketones (excluding diaryl/α,β-unsaturated/α-hetero) is 1. The Morgan fingerprint density at radius 2 is 2.11 bits per heavy atom. The maximum atomic E-state index is 12.5. The van der Waals surface area contributed by atoms with E-state index in [4.69, 9.17) is 0 Å². The summed E-state index contributed by atoms with van der Waals surface area (Å²) in [5, 5.41) is 2.78. The van der Waals surface area contributed by atoms with Crippen LogP contribution < -0.4 is 5.32 Å². The smallest absolute Gasteiger partial charge is 0.228 e. The number of carbonyl (C=O) groups excluding carboxylic acids is 2. The number of fused-ring (bicyclic) bond motifs is 1. The Balaban J connectivity index is 2.45. The molecule has 0 saturated heterocycles. The largest absolute Gasteiger partial charge is 0.325 e.